The SMILES string of the molecule is Cc1cc2[n+](n1-c1ccc([N+](=O)[O-])cc1)CCCO2. The van der Waals surface area contributed by atoms with Crippen LogP contribution in [0.2, 0.25) is 0 Å². The normalized spacial score (nSPS) is 13.7. The van der Waals surface area contributed by atoms with E-state index in [0.717, 1.165) is 36.8 Å². The van der Waals surface area contributed by atoms with E-state index >= 15 is 0 Å². The maximum atomic E-state index is 10.7. The van der Waals surface area contributed by atoms with Gasteiger partial charge in [-0.05, 0) is 19.1 Å². The molecule has 0 atom stereocenters. The number of ether oxygens (including phenoxy) is 1. The average Bonchev–Trinajstić information content (AvgIpc) is 2.74. The molecule has 0 saturated heterocycles. The van der Waals surface area contributed by atoms with Gasteiger partial charge >= 0.3 is 5.88 Å². The molecule has 0 spiro atoms. The average molecular weight is 260 g/mol. The molecule has 19 heavy (non-hydrogen) atoms. The van der Waals surface area contributed by atoms with Crippen molar-refractivity contribution in [2.75, 3.05) is 6.61 Å². The Morgan fingerprint density at radius 1 is 1.37 bits per heavy atom. The number of aryl methyl sites for hydroxylation is 1. The molecule has 1 aromatic heterocycles. The first kappa shape index (κ1) is 11.7. The van der Waals surface area contributed by atoms with E-state index < -0.39 is 4.92 Å². The molecule has 6 heteroatoms. The van der Waals surface area contributed by atoms with Gasteiger partial charge in [0.05, 0.1) is 16.7 Å². The summed E-state index contributed by atoms with van der Waals surface area (Å²) in [5.74, 6) is 0.849. The molecule has 1 aromatic carbocycles. The predicted molar refractivity (Wildman–Crippen MR) is 67.5 cm³/mol. The molecule has 6 nitrogen and oxygen atoms in total. The van der Waals surface area contributed by atoms with Gasteiger partial charge in [-0.2, -0.15) is 0 Å². The molecule has 0 bridgehead atoms. The maximum absolute atomic E-state index is 10.7. The van der Waals surface area contributed by atoms with Crippen LogP contribution >= 0.6 is 0 Å². The van der Waals surface area contributed by atoms with Crippen molar-refractivity contribution in [1.29, 1.82) is 0 Å². The van der Waals surface area contributed by atoms with Gasteiger partial charge in [0.15, 0.2) is 6.54 Å². The molecular weight excluding hydrogens is 246 g/mol. The molecule has 2 heterocycles. The highest BCUT2D eigenvalue weighted by Crippen LogP contribution is 2.20. The van der Waals surface area contributed by atoms with Gasteiger partial charge in [-0.1, -0.05) is 4.68 Å². The molecule has 0 N–H and O–H groups in total. The van der Waals surface area contributed by atoms with Crippen molar-refractivity contribution in [2.45, 2.75) is 19.9 Å². The monoisotopic (exact) mass is 260 g/mol. The number of aromatic nitrogens is 2. The second kappa shape index (κ2) is 4.38. The van der Waals surface area contributed by atoms with Gasteiger partial charge in [0.2, 0.25) is 0 Å². The lowest BCUT2D eigenvalue weighted by Gasteiger charge is -2.10. The summed E-state index contributed by atoms with van der Waals surface area (Å²) in [6, 6.07) is 8.54. The van der Waals surface area contributed by atoms with E-state index in [9.17, 15) is 10.1 Å². The summed E-state index contributed by atoms with van der Waals surface area (Å²) in [5, 5.41) is 10.7. The lowest BCUT2D eigenvalue weighted by atomic mass is 10.3. The number of rotatable bonds is 2. The number of nitrogens with zero attached hydrogens (tertiary/aromatic N) is 3. The fraction of sp³-hybridized carbons (Fsp3) is 0.308. The Hall–Kier alpha value is -2.37. The standard InChI is InChI=1S/C13H14N3O3/c1-10-9-13-14(7-2-8-19-13)15(10)11-3-5-12(6-4-11)16(17)18/h3-6,9H,2,7-8H2,1H3/q+1. The van der Waals surface area contributed by atoms with Crippen molar-refractivity contribution in [2.24, 2.45) is 0 Å². The minimum atomic E-state index is -0.391. The zero-order valence-corrected chi connectivity index (χ0v) is 10.6. The third-order valence-corrected chi connectivity index (χ3v) is 3.23. The second-order valence-corrected chi connectivity index (χ2v) is 4.53. The van der Waals surface area contributed by atoms with Crippen molar-refractivity contribution in [3.05, 3.63) is 46.1 Å². The maximum Gasteiger partial charge on any atom is 0.393 e. The molecule has 0 aliphatic carbocycles. The van der Waals surface area contributed by atoms with E-state index in [2.05, 4.69) is 4.68 Å². The zero-order valence-electron chi connectivity index (χ0n) is 10.6. The van der Waals surface area contributed by atoms with Crippen LogP contribution in [0.3, 0.4) is 0 Å². The number of nitro groups is 1. The van der Waals surface area contributed by atoms with Gasteiger partial charge in [0, 0.05) is 18.6 Å². The Kier molecular flexibility index (Phi) is 2.70. The number of nitro benzene ring substituents is 1. The Balaban J connectivity index is 2.06. The molecule has 1 aliphatic rings. The van der Waals surface area contributed by atoms with Crippen molar-refractivity contribution in [1.82, 2.24) is 4.68 Å². The van der Waals surface area contributed by atoms with Crippen LogP contribution in [0.1, 0.15) is 12.1 Å². The van der Waals surface area contributed by atoms with Crippen LogP contribution in [0.4, 0.5) is 5.69 Å². The van der Waals surface area contributed by atoms with Gasteiger partial charge < -0.3 is 4.74 Å². The Morgan fingerprint density at radius 2 is 2.11 bits per heavy atom. The summed E-state index contributed by atoms with van der Waals surface area (Å²) >= 11 is 0. The van der Waals surface area contributed by atoms with Crippen molar-refractivity contribution in [3.63, 3.8) is 0 Å². The smallest absolute Gasteiger partial charge is 0.393 e. The molecule has 0 saturated carbocycles. The van der Waals surface area contributed by atoms with Crippen LogP contribution in [-0.2, 0) is 6.54 Å². The Labute approximate surface area is 110 Å². The van der Waals surface area contributed by atoms with Gasteiger partial charge in [0.25, 0.3) is 5.69 Å². The number of hydrogen-bond acceptors (Lipinski definition) is 3. The minimum Gasteiger partial charge on any atom is -0.442 e. The molecule has 2 aromatic rings. The van der Waals surface area contributed by atoms with E-state index in [4.69, 9.17) is 4.74 Å². The minimum absolute atomic E-state index is 0.101. The van der Waals surface area contributed by atoms with Crippen molar-refractivity contribution in [3.8, 4) is 11.6 Å². The third kappa shape index (κ3) is 1.95. The molecule has 0 radical (unpaired) electrons. The molecule has 0 amide bonds. The lowest BCUT2D eigenvalue weighted by Crippen LogP contribution is -2.47. The number of fused-ring (bicyclic) bond motifs is 1. The number of benzene rings is 1. The first-order chi connectivity index (χ1) is 9.16. The van der Waals surface area contributed by atoms with Crippen LogP contribution < -0.4 is 9.42 Å². The quantitative estimate of drug-likeness (QED) is 0.469. The van der Waals surface area contributed by atoms with E-state index in [0.29, 0.717) is 0 Å². The van der Waals surface area contributed by atoms with E-state index in [-0.39, 0.29) is 5.69 Å². The topological polar surface area (TPSA) is 61.2 Å². The number of non-ortho nitro benzene ring substituents is 1. The third-order valence-electron chi connectivity index (χ3n) is 3.23. The summed E-state index contributed by atoms with van der Waals surface area (Å²) < 4.78 is 9.68. The Bertz CT molecular complexity index is 631. The van der Waals surface area contributed by atoms with Crippen LogP contribution in [0.25, 0.3) is 5.69 Å². The summed E-state index contributed by atoms with van der Waals surface area (Å²) in [5.41, 5.74) is 2.05. The van der Waals surface area contributed by atoms with Gasteiger partial charge in [-0.3, -0.25) is 10.1 Å². The molecule has 98 valence electrons. The van der Waals surface area contributed by atoms with Crippen LogP contribution in [0.5, 0.6) is 5.88 Å². The van der Waals surface area contributed by atoms with E-state index in [1.807, 2.05) is 17.7 Å². The number of hydrogen-bond donors (Lipinski definition) is 0. The van der Waals surface area contributed by atoms with Gasteiger partial charge in [-0.25, -0.2) is 0 Å². The molecule has 1 aliphatic heterocycles. The predicted octanol–water partition coefficient (Wildman–Crippen LogP) is 1.76. The highest BCUT2D eigenvalue weighted by atomic mass is 16.6. The second-order valence-electron chi connectivity index (χ2n) is 4.53. The fourth-order valence-electron chi connectivity index (χ4n) is 2.38. The zero-order chi connectivity index (χ0) is 13.4. The molecule has 0 fully saturated rings. The van der Waals surface area contributed by atoms with Crippen molar-refractivity contribution < 1.29 is 14.3 Å². The van der Waals surface area contributed by atoms with E-state index in [1.165, 1.54) is 12.1 Å². The Morgan fingerprint density at radius 3 is 2.79 bits per heavy atom. The first-order valence-electron chi connectivity index (χ1n) is 6.17. The lowest BCUT2D eigenvalue weighted by molar-refractivity contribution is -0.777. The first-order valence-corrected chi connectivity index (χ1v) is 6.17. The molecule has 0 unspecified atom stereocenters. The van der Waals surface area contributed by atoms with Gasteiger partial charge in [0.1, 0.15) is 12.3 Å². The van der Waals surface area contributed by atoms with Crippen LogP contribution in [-0.4, -0.2) is 16.2 Å². The highest BCUT2D eigenvalue weighted by molar-refractivity contribution is 5.40. The van der Waals surface area contributed by atoms with E-state index in [1.54, 1.807) is 12.1 Å². The fourth-order valence-corrected chi connectivity index (χ4v) is 2.38. The summed E-state index contributed by atoms with van der Waals surface area (Å²) in [7, 11) is 0. The summed E-state index contributed by atoms with van der Waals surface area (Å²) in [4.78, 5) is 10.3. The van der Waals surface area contributed by atoms with Crippen LogP contribution in [0.15, 0.2) is 30.3 Å². The highest BCUT2D eigenvalue weighted by Gasteiger charge is 2.26. The van der Waals surface area contributed by atoms with Crippen LogP contribution in [0, 0.1) is 17.0 Å². The largest absolute Gasteiger partial charge is 0.442 e. The summed E-state index contributed by atoms with van der Waals surface area (Å²) in [6.45, 7) is 3.62. The molecule has 3 rings (SSSR count). The molecular formula is C13H14N3O3+. The van der Waals surface area contributed by atoms with Crippen molar-refractivity contribution >= 4 is 5.69 Å². The van der Waals surface area contributed by atoms with Gasteiger partial charge in [-0.15, -0.1) is 4.68 Å². The summed E-state index contributed by atoms with van der Waals surface area (Å²) in [6.07, 6.45) is 0.966.